The third-order valence-corrected chi connectivity index (χ3v) is 4.85. The molecule has 0 aliphatic heterocycles. The van der Waals surface area contributed by atoms with Crippen molar-refractivity contribution in [1.29, 1.82) is 5.26 Å². The summed E-state index contributed by atoms with van der Waals surface area (Å²) in [6.45, 7) is 0.510. The number of hydrogen-bond acceptors (Lipinski definition) is 3. The van der Waals surface area contributed by atoms with Crippen LogP contribution in [0.2, 0.25) is 10.0 Å². The average molecular weight is 422 g/mol. The van der Waals surface area contributed by atoms with Gasteiger partial charge < -0.3 is 10.2 Å². The molecule has 3 rings (SSSR count). The van der Waals surface area contributed by atoms with E-state index in [2.05, 4.69) is 5.32 Å². The topological polar surface area (TPSA) is 56.1 Å². The highest BCUT2D eigenvalue weighted by atomic mass is 35.5. The number of para-hydroxylation sites is 1. The van der Waals surface area contributed by atoms with Crippen molar-refractivity contribution in [3.8, 4) is 6.07 Å². The molecule has 0 saturated heterocycles. The maximum Gasteiger partial charge on any atom is 0.267 e. The van der Waals surface area contributed by atoms with Gasteiger partial charge in [0.15, 0.2) is 0 Å². The number of amides is 1. The van der Waals surface area contributed by atoms with Crippen LogP contribution in [0.5, 0.6) is 0 Å². The predicted octanol–water partition coefficient (Wildman–Crippen LogP) is 6.05. The Balaban J connectivity index is 1.88. The minimum absolute atomic E-state index is 0.0316. The standard InChI is InChI=1S/C23H17Cl2N3O/c24-21-12-11-19(13-22(21)25)27-23(29)18(14-26)16-28(20-9-5-2-6-10-20)15-17-7-3-1-4-8-17/h1-13,16H,15H2,(H,27,29)/b18-16-. The Hall–Kier alpha value is -3.26. The quantitative estimate of drug-likeness (QED) is 0.389. The first-order valence-electron chi connectivity index (χ1n) is 8.81. The van der Waals surface area contributed by atoms with Crippen molar-refractivity contribution in [3.63, 3.8) is 0 Å². The van der Waals surface area contributed by atoms with Crippen LogP contribution in [0.4, 0.5) is 11.4 Å². The Bertz CT molecular complexity index is 1060. The summed E-state index contributed by atoms with van der Waals surface area (Å²) in [4.78, 5) is 14.5. The fourth-order valence-electron chi connectivity index (χ4n) is 2.68. The number of hydrogen-bond donors (Lipinski definition) is 1. The minimum Gasteiger partial charge on any atom is -0.342 e. The van der Waals surface area contributed by atoms with E-state index in [1.807, 2.05) is 71.6 Å². The van der Waals surface area contributed by atoms with E-state index in [4.69, 9.17) is 23.2 Å². The maximum absolute atomic E-state index is 12.7. The molecule has 4 nitrogen and oxygen atoms in total. The first kappa shape index (κ1) is 20.5. The van der Waals surface area contributed by atoms with Gasteiger partial charge >= 0.3 is 0 Å². The van der Waals surface area contributed by atoms with Crippen molar-refractivity contribution >= 4 is 40.5 Å². The number of anilines is 2. The fourth-order valence-corrected chi connectivity index (χ4v) is 2.98. The van der Waals surface area contributed by atoms with Gasteiger partial charge in [0.05, 0.1) is 10.0 Å². The Morgan fingerprint density at radius 3 is 2.24 bits per heavy atom. The zero-order chi connectivity index (χ0) is 20.6. The third-order valence-electron chi connectivity index (χ3n) is 4.11. The van der Waals surface area contributed by atoms with Gasteiger partial charge in [-0.25, -0.2) is 0 Å². The molecule has 1 N–H and O–H groups in total. The maximum atomic E-state index is 12.7. The molecule has 0 radical (unpaired) electrons. The normalized spacial score (nSPS) is 10.9. The molecule has 0 fully saturated rings. The first-order chi connectivity index (χ1) is 14.1. The van der Waals surface area contributed by atoms with Crippen LogP contribution in [0, 0.1) is 11.3 Å². The molecule has 0 aliphatic rings. The summed E-state index contributed by atoms with van der Waals surface area (Å²) >= 11 is 11.9. The molecule has 0 aromatic heterocycles. The highest BCUT2D eigenvalue weighted by Gasteiger charge is 2.14. The van der Waals surface area contributed by atoms with Crippen LogP contribution < -0.4 is 10.2 Å². The van der Waals surface area contributed by atoms with Crippen LogP contribution in [0.1, 0.15) is 5.56 Å². The number of nitriles is 1. The second kappa shape index (κ2) is 9.79. The van der Waals surface area contributed by atoms with Crippen molar-refractivity contribution < 1.29 is 4.79 Å². The van der Waals surface area contributed by atoms with E-state index in [1.165, 1.54) is 6.07 Å². The van der Waals surface area contributed by atoms with E-state index in [0.29, 0.717) is 22.3 Å². The molecular formula is C23H17Cl2N3O. The van der Waals surface area contributed by atoms with Crippen molar-refractivity contribution in [1.82, 2.24) is 0 Å². The molecular weight excluding hydrogens is 405 g/mol. The molecule has 0 bridgehead atoms. The highest BCUT2D eigenvalue weighted by Crippen LogP contribution is 2.25. The Labute approximate surface area is 179 Å². The van der Waals surface area contributed by atoms with Gasteiger partial charge in [-0.2, -0.15) is 5.26 Å². The van der Waals surface area contributed by atoms with E-state index >= 15 is 0 Å². The molecule has 0 aliphatic carbocycles. The zero-order valence-corrected chi connectivity index (χ0v) is 16.9. The van der Waals surface area contributed by atoms with Crippen LogP contribution in [-0.4, -0.2) is 5.91 Å². The molecule has 3 aromatic carbocycles. The van der Waals surface area contributed by atoms with Crippen LogP contribution in [0.15, 0.2) is 90.6 Å². The molecule has 144 valence electrons. The minimum atomic E-state index is -0.528. The van der Waals surface area contributed by atoms with Gasteiger partial charge in [-0.05, 0) is 35.9 Å². The molecule has 0 spiro atoms. The summed E-state index contributed by atoms with van der Waals surface area (Å²) in [5.74, 6) is -0.528. The molecule has 0 saturated carbocycles. The Morgan fingerprint density at radius 1 is 0.966 bits per heavy atom. The first-order valence-corrected chi connectivity index (χ1v) is 9.56. The fraction of sp³-hybridized carbons (Fsp3) is 0.0435. The van der Waals surface area contributed by atoms with E-state index in [-0.39, 0.29) is 5.57 Å². The van der Waals surface area contributed by atoms with E-state index in [9.17, 15) is 10.1 Å². The molecule has 1 amide bonds. The van der Waals surface area contributed by atoms with Gasteiger partial charge in [0.2, 0.25) is 0 Å². The van der Waals surface area contributed by atoms with Gasteiger partial charge in [-0.1, -0.05) is 71.7 Å². The van der Waals surface area contributed by atoms with Gasteiger partial charge in [0.25, 0.3) is 5.91 Å². The number of nitrogens with zero attached hydrogens (tertiary/aromatic N) is 2. The van der Waals surface area contributed by atoms with Gasteiger partial charge in [0, 0.05) is 24.1 Å². The molecule has 29 heavy (non-hydrogen) atoms. The van der Waals surface area contributed by atoms with E-state index in [0.717, 1.165) is 11.3 Å². The molecule has 6 heteroatoms. The largest absolute Gasteiger partial charge is 0.342 e. The van der Waals surface area contributed by atoms with Crippen molar-refractivity contribution in [3.05, 3.63) is 106 Å². The zero-order valence-electron chi connectivity index (χ0n) is 15.3. The van der Waals surface area contributed by atoms with Crippen LogP contribution in [-0.2, 0) is 11.3 Å². The van der Waals surface area contributed by atoms with E-state index in [1.54, 1.807) is 18.3 Å². The SMILES string of the molecule is N#C/C(=C/N(Cc1ccccc1)c1ccccc1)C(=O)Nc1ccc(Cl)c(Cl)c1. The number of halogens is 2. The summed E-state index contributed by atoms with van der Waals surface area (Å²) in [5, 5.41) is 13.0. The highest BCUT2D eigenvalue weighted by molar-refractivity contribution is 6.42. The molecule has 0 unspecified atom stereocenters. The second-order valence-electron chi connectivity index (χ2n) is 6.19. The lowest BCUT2D eigenvalue weighted by Crippen LogP contribution is -2.20. The number of rotatable bonds is 6. The van der Waals surface area contributed by atoms with Crippen LogP contribution in [0.25, 0.3) is 0 Å². The van der Waals surface area contributed by atoms with Gasteiger partial charge in [-0.15, -0.1) is 0 Å². The summed E-state index contributed by atoms with van der Waals surface area (Å²) in [6.07, 6.45) is 1.55. The molecule has 0 atom stereocenters. The van der Waals surface area contributed by atoms with Crippen LogP contribution in [0.3, 0.4) is 0 Å². The lowest BCUT2D eigenvalue weighted by atomic mass is 10.2. The van der Waals surface area contributed by atoms with Crippen molar-refractivity contribution in [2.45, 2.75) is 6.54 Å². The lowest BCUT2D eigenvalue weighted by molar-refractivity contribution is -0.112. The molecule has 0 heterocycles. The number of benzene rings is 3. The summed E-state index contributed by atoms with van der Waals surface area (Å²) in [7, 11) is 0. The van der Waals surface area contributed by atoms with Crippen molar-refractivity contribution in [2.75, 3.05) is 10.2 Å². The average Bonchev–Trinajstić information content (AvgIpc) is 2.75. The summed E-state index contributed by atoms with van der Waals surface area (Å²) in [6, 6.07) is 26.1. The monoisotopic (exact) mass is 421 g/mol. The Morgan fingerprint density at radius 2 is 1.62 bits per heavy atom. The van der Waals surface area contributed by atoms with E-state index < -0.39 is 5.91 Å². The summed E-state index contributed by atoms with van der Waals surface area (Å²) in [5.41, 5.74) is 2.34. The smallest absolute Gasteiger partial charge is 0.267 e. The summed E-state index contributed by atoms with van der Waals surface area (Å²) < 4.78 is 0. The Kier molecular flexibility index (Phi) is 6.91. The lowest BCUT2D eigenvalue weighted by Gasteiger charge is -2.21. The second-order valence-corrected chi connectivity index (χ2v) is 7.00. The predicted molar refractivity (Wildman–Crippen MR) is 118 cm³/mol. The number of carbonyl (C=O) groups is 1. The molecule has 3 aromatic rings. The third kappa shape index (κ3) is 5.61. The van der Waals surface area contributed by atoms with Gasteiger partial charge in [0.1, 0.15) is 11.6 Å². The van der Waals surface area contributed by atoms with Crippen LogP contribution >= 0.6 is 23.2 Å². The number of nitrogens with one attached hydrogen (secondary N) is 1. The number of carbonyl (C=O) groups excluding carboxylic acids is 1. The van der Waals surface area contributed by atoms with Crippen molar-refractivity contribution in [2.24, 2.45) is 0 Å². The van der Waals surface area contributed by atoms with Gasteiger partial charge in [-0.3, -0.25) is 4.79 Å².